The largest absolute Gasteiger partial charge is 0.493 e. The number of hydrogen-bond donors (Lipinski definition) is 0. The maximum absolute atomic E-state index is 5.86. The average Bonchev–Trinajstić information content (AvgIpc) is 3.01. The minimum Gasteiger partial charge on any atom is -0.493 e. The normalized spacial score (nSPS) is 16.4. The van der Waals surface area contributed by atoms with E-state index in [-0.39, 0.29) is 0 Å². The first-order valence-electron chi connectivity index (χ1n) is 6.88. The quantitative estimate of drug-likeness (QED) is 0.846. The Bertz CT molecular complexity index is 489. The Morgan fingerprint density at radius 1 is 1.11 bits per heavy atom. The summed E-state index contributed by atoms with van der Waals surface area (Å²) in [7, 11) is 0. The Labute approximate surface area is 112 Å². The van der Waals surface area contributed by atoms with Crippen LogP contribution < -0.4 is 4.74 Å². The van der Waals surface area contributed by atoms with E-state index in [9.17, 15) is 0 Å². The zero-order valence-corrected chi connectivity index (χ0v) is 10.9. The summed E-state index contributed by atoms with van der Waals surface area (Å²) < 4.78 is 7.49. The molecule has 0 spiro atoms. The number of rotatable bonds is 4. The van der Waals surface area contributed by atoms with Crippen LogP contribution in [0.3, 0.4) is 0 Å². The van der Waals surface area contributed by atoms with Crippen LogP contribution in [0.4, 0.5) is 0 Å². The molecule has 0 radical (unpaired) electrons. The maximum atomic E-state index is 5.86. The first-order valence-corrected chi connectivity index (χ1v) is 6.88. The smallest absolute Gasteiger partial charge is 0.143 e. The molecule has 0 amide bonds. The van der Waals surface area contributed by atoms with Gasteiger partial charge in [-0.3, -0.25) is 0 Å². The molecular formula is C14H18N4O. The van der Waals surface area contributed by atoms with Gasteiger partial charge < -0.3 is 4.74 Å². The third-order valence-electron chi connectivity index (χ3n) is 3.66. The van der Waals surface area contributed by atoms with Gasteiger partial charge in [0.15, 0.2) is 0 Å². The Kier molecular flexibility index (Phi) is 3.72. The van der Waals surface area contributed by atoms with Crippen molar-refractivity contribution in [3.63, 3.8) is 0 Å². The molecule has 1 aromatic heterocycles. The highest BCUT2D eigenvalue weighted by molar-refractivity contribution is 5.36. The van der Waals surface area contributed by atoms with E-state index in [4.69, 9.17) is 4.74 Å². The van der Waals surface area contributed by atoms with Crippen LogP contribution in [0.2, 0.25) is 0 Å². The maximum Gasteiger partial charge on any atom is 0.143 e. The molecule has 2 aromatic rings. The standard InChI is InChI=1S/C14H18N4O/c1-2-4-12(5-3-1)10-19-14-8-6-13(7-9-14)18-11-15-16-17-18/h6-9,11-12H,1-5,10H2. The molecule has 0 atom stereocenters. The number of nitrogens with zero attached hydrogens (tertiary/aromatic N) is 4. The lowest BCUT2D eigenvalue weighted by molar-refractivity contribution is 0.209. The predicted molar refractivity (Wildman–Crippen MR) is 71.2 cm³/mol. The molecule has 1 fully saturated rings. The SMILES string of the molecule is c1cc(-n2cnnn2)ccc1OCC1CCCCC1. The Hall–Kier alpha value is -1.91. The van der Waals surface area contributed by atoms with Crippen molar-refractivity contribution in [1.82, 2.24) is 20.2 Å². The number of hydrogen-bond acceptors (Lipinski definition) is 4. The van der Waals surface area contributed by atoms with Crippen molar-refractivity contribution >= 4 is 0 Å². The summed E-state index contributed by atoms with van der Waals surface area (Å²) >= 11 is 0. The molecule has 5 nitrogen and oxygen atoms in total. The van der Waals surface area contributed by atoms with Gasteiger partial charge in [-0.15, -0.1) is 5.10 Å². The van der Waals surface area contributed by atoms with Gasteiger partial charge in [-0.05, 0) is 53.5 Å². The first kappa shape index (κ1) is 12.1. The molecule has 1 saturated carbocycles. The lowest BCUT2D eigenvalue weighted by atomic mass is 9.90. The fourth-order valence-electron chi connectivity index (χ4n) is 2.54. The van der Waals surface area contributed by atoms with Crippen molar-refractivity contribution in [3.05, 3.63) is 30.6 Å². The molecule has 1 aliphatic carbocycles. The molecule has 0 saturated heterocycles. The third-order valence-corrected chi connectivity index (χ3v) is 3.66. The van der Waals surface area contributed by atoms with Crippen LogP contribution in [0.1, 0.15) is 32.1 Å². The topological polar surface area (TPSA) is 52.8 Å². The molecule has 0 N–H and O–H groups in total. The molecule has 1 aromatic carbocycles. The molecule has 1 heterocycles. The minimum atomic E-state index is 0.730. The Morgan fingerprint density at radius 2 is 1.89 bits per heavy atom. The van der Waals surface area contributed by atoms with Gasteiger partial charge in [-0.1, -0.05) is 19.3 Å². The predicted octanol–water partition coefficient (Wildman–Crippen LogP) is 2.62. The zero-order valence-electron chi connectivity index (χ0n) is 10.9. The highest BCUT2D eigenvalue weighted by Crippen LogP contribution is 2.24. The fraction of sp³-hybridized carbons (Fsp3) is 0.500. The van der Waals surface area contributed by atoms with E-state index in [1.165, 1.54) is 32.1 Å². The first-order chi connectivity index (χ1) is 9.42. The van der Waals surface area contributed by atoms with Gasteiger partial charge in [0.1, 0.15) is 12.1 Å². The molecule has 3 rings (SSSR count). The van der Waals surface area contributed by atoms with Crippen LogP contribution in [0.25, 0.3) is 5.69 Å². The Balaban J connectivity index is 1.57. The van der Waals surface area contributed by atoms with Crippen LogP contribution in [0, 0.1) is 5.92 Å². The zero-order chi connectivity index (χ0) is 12.9. The van der Waals surface area contributed by atoms with Crippen molar-refractivity contribution in [2.24, 2.45) is 5.92 Å². The van der Waals surface area contributed by atoms with E-state index in [0.29, 0.717) is 0 Å². The van der Waals surface area contributed by atoms with E-state index >= 15 is 0 Å². The molecule has 19 heavy (non-hydrogen) atoms. The molecule has 0 unspecified atom stereocenters. The summed E-state index contributed by atoms with van der Waals surface area (Å²) in [5.74, 6) is 1.65. The van der Waals surface area contributed by atoms with E-state index in [1.54, 1.807) is 11.0 Å². The molecule has 0 bridgehead atoms. The number of benzene rings is 1. The summed E-state index contributed by atoms with van der Waals surface area (Å²) in [5, 5.41) is 11.1. The summed E-state index contributed by atoms with van der Waals surface area (Å²) in [4.78, 5) is 0. The molecule has 100 valence electrons. The van der Waals surface area contributed by atoms with Crippen LogP contribution >= 0.6 is 0 Å². The summed E-state index contributed by atoms with van der Waals surface area (Å²) in [5.41, 5.74) is 0.940. The highest BCUT2D eigenvalue weighted by atomic mass is 16.5. The monoisotopic (exact) mass is 258 g/mol. The third kappa shape index (κ3) is 3.10. The van der Waals surface area contributed by atoms with Crippen LogP contribution in [0.15, 0.2) is 30.6 Å². The highest BCUT2D eigenvalue weighted by Gasteiger charge is 2.13. The summed E-state index contributed by atoms with van der Waals surface area (Å²) in [6.45, 7) is 0.838. The van der Waals surface area contributed by atoms with E-state index < -0.39 is 0 Å². The van der Waals surface area contributed by atoms with E-state index in [1.807, 2.05) is 24.3 Å². The number of ether oxygens (including phenoxy) is 1. The Morgan fingerprint density at radius 3 is 2.58 bits per heavy atom. The fourth-order valence-corrected chi connectivity index (χ4v) is 2.54. The van der Waals surface area contributed by atoms with E-state index in [0.717, 1.165) is 24.0 Å². The van der Waals surface area contributed by atoms with Crippen molar-refractivity contribution in [3.8, 4) is 11.4 Å². The second-order valence-corrected chi connectivity index (χ2v) is 5.06. The molecule has 5 heteroatoms. The lowest BCUT2D eigenvalue weighted by Crippen LogP contribution is -2.15. The average molecular weight is 258 g/mol. The van der Waals surface area contributed by atoms with Gasteiger partial charge in [0, 0.05) is 0 Å². The van der Waals surface area contributed by atoms with Crippen molar-refractivity contribution in [1.29, 1.82) is 0 Å². The van der Waals surface area contributed by atoms with Gasteiger partial charge in [-0.2, -0.15) is 0 Å². The minimum absolute atomic E-state index is 0.730. The second-order valence-electron chi connectivity index (χ2n) is 5.06. The van der Waals surface area contributed by atoms with Gasteiger partial charge in [0.2, 0.25) is 0 Å². The van der Waals surface area contributed by atoms with Crippen LogP contribution in [-0.4, -0.2) is 26.8 Å². The number of tetrazole rings is 1. The van der Waals surface area contributed by atoms with Gasteiger partial charge in [-0.25, -0.2) is 4.68 Å². The van der Waals surface area contributed by atoms with Crippen molar-refractivity contribution < 1.29 is 4.74 Å². The van der Waals surface area contributed by atoms with Gasteiger partial charge in [0.05, 0.1) is 12.3 Å². The van der Waals surface area contributed by atoms with Gasteiger partial charge >= 0.3 is 0 Å². The molecule has 0 aliphatic heterocycles. The van der Waals surface area contributed by atoms with Gasteiger partial charge in [0.25, 0.3) is 0 Å². The second kappa shape index (κ2) is 5.82. The molecular weight excluding hydrogens is 240 g/mol. The van der Waals surface area contributed by atoms with Crippen LogP contribution in [-0.2, 0) is 0 Å². The van der Waals surface area contributed by atoms with E-state index in [2.05, 4.69) is 15.5 Å². The van der Waals surface area contributed by atoms with Crippen molar-refractivity contribution in [2.75, 3.05) is 6.61 Å². The van der Waals surface area contributed by atoms with Crippen molar-refractivity contribution in [2.45, 2.75) is 32.1 Å². The summed E-state index contributed by atoms with van der Waals surface area (Å²) in [6, 6.07) is 7.87. The summed E-state index contributed by atoms with van der Waals surface area (Å²) in [6.07, 6.45) is 8.29. The molecule has 1 aliphatic rings. The van der Waals surface area contributed by atoms with Crippen LogP contribution in [0.5, 0.6) is 5.75 Å². The lowest BCUT2D eigenvalue weighted by Gasteiger charge is -2.21. The number of aromatic nitrogens is 4.